The van der Waals surface area contributed by atoms with Gasteiger partial charge in [-0.05, 0) is 12.5 Å². The second-order valence-corrected chi connectivity index (χ2v) is 7.48. The van der Waals surface area contributed by atoms with Gasteiger partial charge in [-0.3, -0.25) is 9.20 Å². The molecule has 0 unspecified atom stereocenters. The summed E-state index contributed by atoms with van der Waals surface area (Å²) in [4.78, 5) is 20.2. The zero-order chi connectivity index (χ0) is 17.4. The molecule has 3 aromatic rings. The fourth-order valence-corrected chi connectivity index (χ4v) is 4.37. The Morgan fingerprint density at radius 2 is 2.28 bits per heavy atom. The lowest BCUT2D eigenvalue weighted by Gasteiger charge is -2.15. The highest BCUT2D eigenvalue weighted by molar-refractivity contribution is 7.15. The number of hydrogen-bond acceptors (Lipinski definition) is 4. The number of rotatable bonds is 4. The summed E-state index contributed by atoms with van der Waals surface area (Å²) < 4.78 is 7.09. The highest BCUT2D eigenvalue weighted by atomic mass is 35.5. The minimum Gasteiger partial charge on any atom is -0.384 e. The van der Waals surface area contributed by atoms with E-state index in [1.807, 2.05) is 45.1 Å². The molecule has 1 atom stereocenters. The van der Waals surface area contributed by atoms with Crippen molar-refractivity contribution < 1.29 is 9.53 Å². The van der Waals surface area contributed by atoms with Crippen LogP contribution in [0, 0.1) is 5.92 Å². The molecule has 1 aliphatic rings. The topological polar surface area (TPSA) is 46.8 Å². The van der Waals surface area contributed by atoms with Crippen LogP contribution >= 0.6 is 22.9 Å². The second kappa shape index (κ2) is 6.78. The molecule has 0 aliphatic carbocycles. The van der Waals surface area contributed by atoms with Gasteiger partial charge in [0.1, 0.15) is 5.69 Å². The number of carbonyl (C=O) groups excluding carboxylic acids is 1. The predicted octanol–water partition coefficient (Wildman–Crippen LogP) is 3.82. The molecule has 1 amide bonds. The first-order chi connectivity index (χ1) is 12.2. The van der Waals surface area contributed by atoms with Gasteiger partial charge in [-0.25, -0.2) is 4.98 Å². The van der Waals surface area contributed by atoms with Crippen LogP contribution in [0.3, 0.4) is 0 Å². The van der Waals surface area contributed by atoms with E-state index in [0.29, 0.717) is 23.2 Å². The zero-order valence-electron chi connectivity index (χ0n) is 13.8. The van der Waals surface area contributed by atoms with Crippen molar-refractivity contribution in [2.24, 2.45) is 5.92 Å². The molecule has 1 aliphatic heterocycles. The summed E-state index contributed by atoms with van der Waals surface area (Å²) in [6.45, 7) is 2.22. The zero-order valence-corrected chi connectivity index (χ0v) is 15.4. The van der Waals surface area contributed by atoms with Crippen LogP contribution in [0.4, 0.5) is 0 Å². The number of likely N-dealkylation sites (tertiary alicyclic amines) is 1. The summed E-state index contributed by atoms with van der Waals surface area (Å²) in [6, 6.07) is 7.60. The maximum absolute atomic E-state index is 12.9. The van der Waals surface area contributed by atoms with E-state index in [4.69, 9.17) is 16.3 Å². The molecule has 4 rings (SSSR count). The normalized spacial score (nSPS) is 17.5. The first-order valence-electron chi connectivity index (χ1n) is 8.17. The van der Waals surface area contributed by atoms with Crippen LogP contribution in [0.15, 0.2) is 35.8 Å². The molecular formula is C18H18ClN3O2S. The number of fused-ring (bicyclic) bond motifs is 1. The van der Waals surface area contributed by atoms with Gasteiger partial charge >= 0.3 is 0 Å². The van der Waals surface area contributed by atoms with Crippen molar-refractivity contribution in [1.82, 2.24) is 14.3 Å². The van der Waals surface area contributed by atoms with E-state index >= 15 is 0 Å². The Labute approximate surface area is 154 Å². The Morgan fingerprint density at radius 1 is 1.44 bits per heavy atom. The van der Waals surface area contributed by atoms with Crippen molar-refractivity contribution in [2.75, 3.05) is 26.8 Å². The van der Waals surface area contributed by atoms with E-state index < -0.39 is 0 Å². The number of ether oxygens (including phenoxy) is 1. The van der Waals surface area contributed by atoms with Gasteiger partial charge in [-0.15, -0.1) is 11.3 Å². The van der Waals surface area contributed by atoms with Crippen LogP contribution in [0.1, 0.15) is 16.9 Å². The monoisotopic (exact) mass is 375 g/mol. The van der Waals surface area contributed by atoms with Gasteiger partial charge in [0, 0.05) is 43.3 Å². The maximum atomic E-state index is 12.9. The number of carbonyl (C=O) groups is 1. The molecule has 7 heteroatoms. The van der Waals surface area contributed by atoms with E-state index in [9.17, 15) is 4.79 Å². The Morgan fingerprint density at radius 3 is 3.08 bits per heavy atom. The first-order valence-corrected chi connectivity index (χ1v) is 9.43. The van der Waals surface area contributed by atoms with Gasteiger partial charge < -0.3 is 9.64 Å². The Balaban J connectivity index is 1.63. The van der Waals surface area contributed by atoms with Crippen molar-refractivity contribution >= 4 is 33.8 Å². The summed E-state index contributed by atoms with van der Waals surface area (Å²) in [5.41, 5.74) is 2.31. The van der Waals surface area contributed by atoms with Gasteiger partial charge in [0.15, 0.2) is 4.96 Å². The Bertz CT molecular complexity index is 920. The van der Waals surface area contributed by atoms with E-state index in [1.54, 1.807) is 7.11 Å². The SMILES string of the molecule is COC[C@H]1CCN(C(=O)c2csc3nc(-c4ccccc4Cl)cn23)C1. The lowest BCUT2D eigenvalue weighted by atomic mass is 10.1. The van der Waals surface area contributed by atoms with Crippen LogP contribution in [-0.4, -0.2) is 47.0 Å². The van der Waals surface area contributed by atoms with Crippen LogP contribution < -0.4 is 0 Å². The lowest BCUT2D eigenvalue weighted by Crippen LogP contribution is -2.30. The molecule has 25 heavy (non-hydrogen) atoms. The van der Waals surface area contributed by atoms with Crippen molar-refractivity contribution in [2.45, 2.75) is 6.42 Å². The van der Waals surface area contributed by atoms with E-state index in [-0.39, 0.29) is 5.91 Å². The standard InChI is InChI=1S/C18H18ClN3O2S/c1-24-10-12-6-7-21(8-12)17(23)16-11-25-18-20-15(9-22(16)18)13-4-2-3-5-14(13)19/h2-5,9,11-12H,6-8,10H2,1H3/t12-/m0/s1. The first kappa shape index (κ1) is 16.6. The quantitative estimate of drug-likeness (QED) is 0.696. The van der Waals surface area contributed by atoms with Gasteiger partial charge in [-0.2, -0.15) is 0 Å². The number of nitrogens with zero attached hydrogens (tertiary/aromatic N) is 3. The molecule has 1 aromatic carbocycles. The summed E-state index contributed by atoms with van der Waals surface area (Å²) in [5, 5.41) is 2.54. The van der Waals surface area contributed by atoms with Gasteiger partial charge in [0.05, 0.1) is 17.3 Å². The molecule has 0 N–H and O–H groups in total. The molecule has 5 nitrogen and oxygen atoms in total. The van der Waals surface area contributed by atoms with Crippen molar-refractivity contribution in [1.29, 1.82) is 0 Å². The van der Waals surface area contributed by atoms with Crippen LogP contribution in [0.5, 0.6) is 0 Å². The number of methoxy groups -OCH3 is 1. The highest BCUT2D eigenvalue weighted by Crippen LogP contribution is 2.29. The predicted molar refractivity (Wildman–Crippen MR) is 99.4 cm³/mol. The number of thiazole rings is 1. The molecule has 130 valence electrons. The van der Waals surface area contributed by atoms with Crippen LogP contribution in [0.25, 0.3) is 16.2 Å². The molecule has 0 spiro atoms. The molecule has 0 saturated carbocycles. The Kier molecular flexibility index (Phi) is 4.50. The molecule has 1 saturated heterocycles. The maximum Gasteiger partial charge on any atom is 0.271 e. The lowest BCUT2D eigenvalue weighted by molar-refractivity contribution is 0.0769. The summed E-state index contributed by atoms with van der Waals surface area (Å²) in [7, 11) is 1.70. The third-order valence-corrected chi connectivity index (χ3v) is 5.72. The number of amides is 1. The van der Waals surface area contributed by atoms with Crippen molar-refractivity contribution in [3.05, 3.63) is 46.6 Å². The fourth-order valence-electron chi connectivity index (χ4n) is 3.29. The fraction of sp³-hybridized carbons (Fsp3) is 0.333. The van der Waals surface area contributed by atoms with Crippen molar-refractivity contribution in [3.63, 3.8) is 0 Å². The average molecular weight is 376 g/mol. The number of aromatic nitrogens is 2. The van der Waals surface area contributed by atoms with Crippen LogP contribution in [0.2, 0.25) is 5.02 Å². The molecule has 3 heterocycles. The van der Waals surface area contributed by atoms with Crippen molar-refractivity contribution in [3.8, 4) is 11.3 Å². The Hall–Kier alpha value is -1.89. The van der Waals surface area contributed by atoms with Gasteiger partial charge in [0.25, 0.3) is 5.91 Å². The smallest absolute Gasteiger partial charge is 0.271 e. The van der Waals surface area contributed by atoms with Gasteiger partial charge in [-0.1, -0.05) is 29.8 Å². The molecular weight excluding hydrogens is 358 g/mol. The number of benzene rings is 1. The largest absolute Gasteiger partial charge is 0.384 e. The summed E-state index contributed by atoms with van der Waals surface area (Å²) in [5.74, 6) is 0.470. The van der Waals surface area contributed by atoms with Gasteiger partial charge in [0.2, 0.25) is 0 Å². The molecule has 0 radical (unpaired) electrons. The summed E-state index contributed by atoms with van der Waals surface area (Å²) >= 11 is 7.74. The third-order valence-electron chi connectivity index (χ3n) is 4.55. The summed E-state index contributed by atoms with van der Waals surface area (Å²) in [6.07, 6.45) is 2.88. The minimum atomic E-state index is 0.0490. The molecule has 2 aromatic heterocycles. The minimum absolute atomic E-state index is 0.0490. The number of hydrogen-bond donors (Lipinski definition) is 0. The number of imidazole rings is 1. The van der Waals surface area contributed by atoms with E-state index in [2.05, 4.69) is 4.98 Å². The number of halogens is 1. The van der Waals surface area contributed by atoms with E-state index in [1.165, 1.54) is 11.3 Å². The third kappa shape index (κ3) is 3.05. The molecule has 1 fully saturated rings. The molecule has 0 bridgehead atoms. The average Bonchev–Trinajstić information content (AvgIpc) is 3.30. The van der Waals surface area contributed by atoms with Crippen LogP contribution in [-0.2, 0) is 4.74 Å². The second-order valence-electron chi connectivity index (χ2n) is 6.24. The highest BCUT2D eigenvalue weighted by Gasteiger charge is 2.28. The van der Waals surface area contributed by atoms with E-state index in [0.717, 1.165) is 35.7 Å².